The molecule has 1 fully saturated rings. The second-order valence-electron chi connectivity index (χ2n) is 4.90. The molecule has 0 aromatic heterocycles. The molecule has 1 aromatic carbocycles. The van der Waals surface area contributed by atoms with Crippen molar-refractivity contribution in [3.05, 3.63) is 29.8 Å². The molecule has 4 nitrogen and oxygen atoms in total. The average molecular weight is 264 g/mol. The highest BCUT2D eigenvalue weighted by molar-refractivity contribution is 5.87. The van der Waals surface area contributed by atoms with Crippen molar-refractivity contribution < 1.29 is 19.4 Å². The standard InChI is InChI=1S/C15H20O4/c16-15(17)13-5-7-14(8-6-13)19-10-9-18-11-12-3-1-2-4-12/h5-8,12H,1-4,9-11H2,(H,16,17). The topological polar surface area (TPSA) is 55.8 Å². The molecular weight excluding hydrogens is 244 g/mol. The summed E-state index contributed by atoms with van der Waals surface area (Å²) < 4.78 is 11.1. The van der Waals surface area contributed by atoms with Gasteiger partial charge in [0.15, 0.2) is 0 Å². The molecule has 0 bridgehead atoms. The van der Waals surface area contributed by atoms with Gasteiger partial charge in [-0.15, -0.1) is 0 Å². The Kier molecular flexibility index (Phi) is 5.21. The van der Waals surface area contributed by atoms with E-state index in [1.54, 1.807) is 12.1 Å². The summed E-state index contributed by atoms with van der Waals surface area (Å²) in [5.74, 6) is 0.482. The van der Waals surface area contributed by atoms with Gasteiger partial charge in [0.05, 0.1) is 12.2 Å². The fourth-order valence-corrected chi connectivity index (χ4v) is 2.34. The molecule has 0 unspecified atom stereocenters. The van der Waals surface area contributed by atoms with E-state index in [1.165, 1.54) is 37.8 Å². The minimum absolute atomic E-state index is 0.268. The molecule has 0 aliphatic heterocycles. The molecule has 19 heavy (non-hydrogen) atoms. The molecule has 104 valence electrons. The molecule has 0 amide bonds. The molecule has 2 rings (SSSR count). The SMILES string of the molecule is O=C(O)c1ccc(OCCOCC2CCCC2)cc1. The number of ether oxygens (including phenoxy) is 2. The molecule has 4 heteroatoms. The molecule has 1 aliphatic rings. The second-order valence-corrected chi connectivity index (χ2v) is 4.90. The maximum Gasteiger partial charge on any atom is 0.335 e. The largest absolute Gasteiger partial charge is 0.491 e. The van der Waals surface area contributed by atoms with Crippen LogP contribution in [0.1, 0.15) is 36.0 Å². The van der Waals surface area contributed by atoms with Crippen molar-refractivity contribution in [1.29, 1.82) is 0 Å². The van der Waals surface area contributed by atoms with Crippen molar-refractivity contribution in [2.45, 2.75) is 25.7 Å². The smallest absolute Gasteiger partial charge is 0.335 e. The quantitative estimate of drug-likeness (QED) is 0.769. The summed E-state index contributed by atoms with van der Waals surface area (Å²) >= 11 is 0. The van der Waals surface area contributed by atoms with E-state index >= 15 is 0 Å². The summed E-state index contributed by atoms with van der Waals surface area (Å²) in [4.78, 5) is 10.7. The molecule has 0 radical (unpaired) electrons. The van der Waals surface area contributed by atoms with Crippen LogP contribution >= 0.6 is 0 Å². The van der Waals surface area contributed by atoms with Crippen LogP contribution in [0.4, 0.5) is 0 Å². The fourth-order valence-electron chi connectivity index (χ4n) is 2.34. The summed E-state index contributed by atoms with van der Waals surface area (Å²) in [7, 11) is 0. The predicted octanol–water partition coefficient (Wildman–Crippen LogP) is 2.97. The average Bonchev–Trinajstić information content (AvgIpc) is 2.92. The Balaban J connectivity index is 1.61. The first kappa shape index (κ1) is 13.9. The highest BCUT2D eigenvalue weighted by Gasteiger charge is 2.14. The highest BCUT2D eigenvalue weighted by atomic mass is 16.5. The number of benzene rings is 1. The molecule has 0 saturated heterocycles. The van der Waals surface area contributed by atoms with Crippen LogP contribution in [0.15, 0.2) is 24.3 Å². The van der Waals surface area contributed by atoms with Gasteiger partial charge in [-0.1, -0.05) is 12.8 Å². The van der Waals surface area contributed by atoms with Crippen molar-refractivity contribution in [3.63, 3.8) is 0 Å². The van der Waals surface area contributed by atoms with Crippen LogP contribution in [0.2, 0.25) is 0 Å². The van der Waals surface area contributed by atoms with Gasteiger partial charge in [0.2, 0.25) is 0 Å². The summed E-state index contributed by atoms with van der Waals surface area (Å²) in [6, 6.07) is 6.41. The van der Waals surface area contributed by atoms with Gasteiger partial charge >= 0.3 is 5.97 Å². The zero-order valence-electron chi connectivity index (χ0n) is 11.0. The van der Waals surface area contributed by atoms with E-state index in [0.29, 0.717) is 19.0 Å². The lowest BCUT2D eigenvalue weighted by Crippen LogP contribution is -2.11. The van der Waals surface area contributed by atoms with Gasteiger partial charge in [-0.2, -0.15) is 0 Å². The van der Waals surface area contributed by atoms with Crippen molar-refractivity contribution in [2.24, 2.45) is 5.92 Å². The number of aromatic carboxylic acids is 1. The number of carboxylic acids is 1. The molecular formula is C15H20O4. The van der Waals surface area contributed by atoms with Crippen molar-refractivity contribution in [3.8, 4) is 5.75 Å². The first-order chi connectivity index (χ1) is 9.25. The van der Waals surface area contributed by atoms with Crippen LogP contribution < -0.4 is 4.74 Å². The van der Waals surface area contributed by atoms with Gasteiger partial charge in [-0.25, -0.2) is 4.79 Å². The van der Waals surface area contributed by atoms with Gasteiger partial charge < -0.3 is 14.6 Å². The van der Waals surface area contributed by atoms with E-state index in [1.807, 2.05) is 0 Å². The normalized spacial score (nSPS) is 15.6. The Bertz CT molecular complexity index is 393. The van der Waals surface area contributed by atoms with Crippen LogP contribution in [0, 0.1) is 5.92 Å². The van der Waals surface area contributed by atoms with E-state index < -0.39 is 5.97 Å². The van der Waals surface area contributed by atoms with Crippen LogP contribution in [0.3, 0.4) is 0 Å². The van der Waals surface area contributed by atoms with Crippen LogP contribution in [-0.4, -0.2) is 30.9 Å². The third-order valence-electron chi connectivity index (χ3n) is 3.43. The highest BCUT2D eigenvalue weighted by Crippen LogP contribution is 2.24. The number of hydrogen-bond donors (Lipinski definition) is 1. The van der Waals surface area contributed by atoms with Crippen LogP contribution in [0.25, 0.3) is 0 Å². The number of rotatable bonds is 7. The maximum absolute atomic E-state index is 10.7. The lowest BCUT2D eigenvalue weighted by atomic mass is 10.1. The Hall–Kier alpha value is -1.55. The van der Waals surface area contributed by atoms with E-state index in [4.69, 9.17) is 14.6 Å². The molecule has 1 aliphatic carbocycles. The monoisotopic (exact) mass is 264 g/mol. The number of carboxylic acid groups (broad SMARTS) is 1. The zero-order chi connectivity index (χ0) is 13.5. The minimum Gasteiger partial charge on any atom is -0.491 e. The molecule has 1 aromatic rings. The van der Waals surface area contributed by atoms with Crippen molar-refractivity contribution >= 4 is 5.97 Å². The third kappa shape index (κ3) is 4.56. The van der Waals surface area contributed by atoms with E-state index in [2.05, 4.69) is 0 Å². The minimum atomic E-state index is -0.925. The number of carbonyl (C=O) groups is 1. The second kappa shape index (κ2) is 7.14. The van der Waals surface area contributed by atoms with Crippen LogP contribution in [-0.2, 0) is 4.74 Å². The third-order valence-corrected chi connectivity index (χ3v) is 3.43. The van der Waals surface area contributed by atoms with Gasteiger partial charge in [-0.3, -0.25) is 0 Å². The zero-order valence-corrected chi connectivity index (χ0v) is 11.0. The Labute approximate surface area is 113 Å². The summed E-state index contributed by atoms with van der Waals surface area (Å²) in [6.07, 6.45) is 5.25. The molecule has 0 atom stereocenters. The lowest BCUT2D eigenvalue weighted by molar-refractivity contribution is 0.0696. The predicted molar refractivity (Wildman–Crippen MR) is 71.7 cm³/mol. The van der Waals surface area contributed by atoms with Gasteiger partial charge in [-0.05, 0) is 43.0 Å². The lowest BCUT2D eigenvalue weighted by Gasteiger charge is -2.10. The van der Waals surface area contributed by atoms with Gasteiger partial charge in [0, 0.05) is 6.61 Å². The summed E-state index contributed by atoms with van der Waals surface area (Å²) in [5.41, 5.74) is 0.268. The van der Waals surface area contributed by atoms with Crippen molar-refractivity contribution in [2.75, 3.05) is 19.8 Å². The molecule has 0 spiro atoms. The van der Waals surface area contributed by atoms with E-state index in [-0.39, 0.29) is 5.56 Å². The summed E-state index contributed by atoms with van der Waals surface area (Å²) in [6.45, 7) is 1.91. The fraction of sp³-hybridized carbons (Fsp3) is 0.533. The molecule has 0 heterocycles. The Morgan fingerprint density at radius 1 is 1.16 bits per heavy atom. The Morgan fingerprint density at radius 3 is 2.47 bits per heavy atom. The van der Waals surface area contributed by atoms with Crippen molar-refractivity contribution in [1.82, 2.24) is 0 Å². The van der Waals surface area contributed by atoms with E-state index in [9.17, 15) is 4.79 Å². The number of hydrogen-bond acceptors (Lipinski definition) is 3. The Morgan fingerprint density at radius 2 is 1.84 bits per heavy atom. The van der Waals surface area contributed by atoms with Gasteiger partial charge in [0.1, 0.15) is 12.4 Å². The molecule has 1 N–H and O–H groups in total. The van der Waals surface area contributed by atoms with Gasteiger partial charge in [0.25, 0.3) is 0 Å². The molecule has 1 saturated carbocycles. The first-order valence-corrected chi connectivity index (χ1v) is 6.79. The summed E-state index contributed by atoms with van der Waals surface area (Å²) in [5, 5.41) is 8.76. The van der Waals surface area contributed by atoms with E-state index in [0.717, 1.165) is 12.5 Å². The first-order valence-electron chi connectivity index (χ1n) is 6.79. The van der Waals surface area contributed by atoms with Crippen LogP contribution in [0.5, 0.6) is 5.75 Å². The maximum atomic E-state index is 10.7.